The van der Waals surface area contributed by atoms with Gasteiger partial charge in [0, 0.05) is 12.1 Å². The lowest BCUT2D eigenvalue weighted by molar-refractivity contribution is -0.146. The largest absolute Gasteiger partial charge is 0.456 e. The van der Waals surface area contributed by atoms with Crippen molar-refractivity contribution >= 4 is 35.0 Å². The van der Waals surface area contributed by atoms with Gasteiger partial charge in [0.2, 0.25) is 17.7 Å². The van der Waals surface area contributed by atoms with Gasteiger partial charge in [-0.2, -0.15) is 0 Å². The first-order valence-corrected chi connectivity index (χ1v) is 13.8. The van der Waals surface area contributed by atoms with Crippen LogP contribution in [0.3, 0.4) is 0 Å². The summed E-state index contributed by atoms with van der Waals surface area (Å²) in [4.78, 5) is 42.6. The van der Waals surface area contributed by atoms with E-state index >= 15 is 0 Å². The number of allylic oxidation sites excluding steroid dienone is 2. The Labute approximate surface area is 231 Å². The van der Waals surface area contributed by atoms with Crippen LogP contribution in [0.5, 0.6) is 11.5 Å². The predicted molar refractivity (Wildman–Crippen MR) is 147 cm³/mol. The number of nitrogens with zero attached hydrogens (tertiary/aromatic N) is 1. The number of hydrogen-bond donors (Lipinski definition) is 1. The Morgan fingerprint density at radius 2 is 1.49 bits per heavy atom. The SMILES string of the molecule is O=C(Nc1ccc(Oc2ccccc2Cl)cc1)[C@H](Cc1ccccc1)N1C(=O)[C@@H]2[C@@H]3C=C[C@H]([C@H]4C[C@H]34)[C@@H]2C1=O. The number of ether oxygens (including phenoxy) is 1. The molecule has 1 aliphatic heterocycles. The summed E-state index contributed by atoms with van der Waals surface area (Å²) < 4.78 is 5.85. The van der Waals surface area contributed by atoms with Crippen LogP contribution in [0.2, 0.25) is 5.02 Å². The first kappa shape index (κ1) is 24.2. The fraction of sp³-hybridized carbons (Fsp3) is 0.281. The first-order chi connectivity index (χ1) is 19.0. The van der Waals surface area contributed by atoms with Crippen LogP contribution in [0.4, 0.5) is 5.69 Å². The average molecular weight is 539 g/mol. The molecule has 3 aromatic carbocycles. The second-order valence-corrected chi connectivity index (χ2v) is 11.4. The molecule has 1 heterocycles. The van der Waals surface area contributed by atoms with Gasteiger partial charge in [-0.3, -0.25) is 19.3 Å². The summed E-state index contributed by atoms with van der Waals surface area (Å²) in [6, 6.07) is 22.7. The maximum Gasteiger partial charge on any atom is 0.248 e. The van der Waals surface area contributed by atoms with Crippen molar-refractivity contribution in [3.63, 3.8) is 0 Å². The fourth-order valence-corrected chi connectivity index (χ4v) is 7.09. The Hall–Kier alpha value is -3.90. The lowest BCUT2D eigenvalue weighted by Gasteiger charge is -2.37. The van der Waals surface area contributed by atoms with E-state index in [0.29, 0.717) is 34.0 Å². The van der Waals surface area contributed by atoms with Crippen LogP contribution >= 0.6 is 11.6 Å². The summed E-state index contributed by atoms with van der Waals surface area (Å²) in [5.41, 5.74) is 1.43. The quantitative estimate of drug-likeness (QED) is 0.308. The minimum absolute atomic E-state index is 0.109. The number of benzene rings is 3. The summed E-state index contributed by atoms with van der Waals surface area (Å²) in [6.45, 7) is 0. The van der Waals surface area contributed by atoms with Crippen LogP contribution in [0.15, 0.2) is 91.0 Å². The number of rotatable bonds is 7. The second-order valence-electron chi connectivity index (χ2n) is 11.0. The van der Waals surface area contributed by atoms with Crippen molar-refractivity contribution in [1.82, 2.24) is 4.90 Å². The highest BCUT2D eigenvalue weighted by Crippen LogP contribution is 2.65. The standard InChI is InChI=1S/C32H27ClN2O4/c33-25-8-4-5-9-27(25)39-20-12-10-19(11-13-20)34-30(36)26(16-18-6-2-1-3-7-18)35-31(37)28-21-14-15-22(24-17-23(21)24)29(28)32(35)38/h1-15,21-24,26,28-29H,16-17H2,(H,34,36)/t21-,22-,23-,24-,26+,28-,29+/m1/s1. The van der Waals surface area contributed by atoms with E-state index in [9.17, 15) is 14.4 Å². The van der Waals surface area contributed by atoms with Gasteiger partial charge >= 0.3 is 0 Å². The molecule has 5 aliphatic rings. The minimum atomic E-state index is -0.937. The number of likely N-dealkylation sites (tertiary alicyclic amines) is 1. The molecule has 1 saturated heterocycles. The molecule has 2 bridgehead atoms. The van der Waals surface area contributed by atoms with Crippen LogP contribution in [-0.4, -0.2) is 28.7 Å². The van der Waals surface area contributed by atoms with E-state index < -0.39 is 6.04 Å². The van der Waals surface area contributed by atoms with E-state index in [-0.39, 0.29) is 47.8 Å². The summed E-state index contributed by atoms with van der Waals surface area (Å²) >= 11 is 6.19. The van der Waals surface area contributed by atoms with Crippen LogP contribution in [-0.2, 0) is 20.8 Å². The molecule has 3 fully saturated rings. The van der Waals surface area contributed by atoms with Crippen molar-refractivity contribution in [3.8, 4) is 11.5 Å². The number of halogens is 1. The van der Waals surface area contributed by atoms with Gasteiger partial charge in [0.05, 0.1) is 16.9 Å². The van der Waals surface area contributed by atoms with Crippen LogP contribution in [0.25, 0.3) is 0 Å². The van der Waals surface area contributed by atoms with Crippen LogP contribution in [0.1, 0.15) is 12.0 Å². The zero-order valence-electron chi connectivity index (χ0n) is 21.1. The molecule has 4 aliphatic carbocycles. The Kier molecular flexibility index (Phi) is 5.81. The molecular weight excluding hydrogens is 512 g/mol. The maximum atomic E-state index is 13.8. The normalized spacial score (nSPS) is 28.6. The van der Waals surface area contributed by atoms with E-state index in [1.54, 1.807) is 36.4 Å². The first-order valence-electron chi connectivity index (χ1n) is 13.4. The summed E-state index contributed by atoms with van der Waals surface area (Å²) in [5, 5.41) is 3.44. The summed E-state index contributed by atoms with van der Waals surface area (Å²) in [5.74, 6) is 0.858. The number of nitrogens with one attached hydrogen (secondary N) is 1. The highest BCUT2D eigenvalue weighted by Gasteiger charge is 2.67. The molecule has 3 amide bonds. The molecule has 3 aromatic rings. The average Bonchev–Trinajstić information content (AvgIpc) is 3.73. The second kappa shape index (κ2) is 9.38. The molecule has 1 N–H and O–H groups in total. The molecule has 0 spiro atoms. The monoisotopic (exact) mass is 538 g/mol. The van der Waals surface area contributed by atoms with E-state index in [0.717, 1.165) is 12.0 Å². The third kappa shape index (κ3) is 4.14. The zero-order chi connectivity index (χ0) is 26.7. The third-order valence-electron chi connectivity index (χ3n) is 8.77. The molecule has 0 aromatic heterocycles. The van der Waals surface area contributed by atoms with E-state index in [1.807, 2.05) is 42.5 Å². The zero-order valence-corrected chi connectivity index (χ0v) is 21.8. The predicted octanol–water partition coefficient (Wildman–Crippen LogP) is 5.74. The molecule has 7 heteroatoms. The van der Waals surface area contributed by atoms with Gasteiger partial charge in [0.25, 0.3) is 0 Å². The van der Waals surface area contributed by atoms with E-state index in [1.165, 1.54) is 4.90 Å². The lowest BCUT2D eigenvalue weighted by atomic mass is 9.63. The number of imide groups is 1. The van der Waals surface area contributed by atoms with Crippen molar-refractivity contribution in [2.24, 2.45) is 35.5 Å². The molecule has 39 heavy (non-hydrogen) atoms. The van der Waals surface area contributed by atoms with Crippen LogP contribution in [0, 0.1) is 35.5 Å². The molecule has 196 valence electrons. The topological polar surface area (TPSA) is 75.7 Å². The van der Waals surface area contributed by atoms with Crippen molar-refractivity contribution in [3.05, 3.63) is 102 Å². The maximum absolute atomic E-state index is 13.8. The molecule has 7 atom stereocenters. The number of anilines is 1. The molecular formula is C32H27ClN2O4. The van der Waals surface area contributed by atoms with Crippen molar-refractivity contribution < 1.29 is 19.1 Å². The summed E-state index contributed by atoms with van der Waals surface area (Å²) in [7, 11) is 0. The van der Waals surface area contributed by atoms with Crippen LogP contribution < -0.4 is 10.1 Å². The molecule has 8 rings (SSSR count). The van der Waals surface area contributed by atoms with Crippen molar-refractivity contribution in [2.45, 2.75) is 18.9 Å². The third-order valence-corrected chi connectivity index (χ3v) is 9.08. The van der Waals surface area contributed by atoms with Gasteiger partial charge in [-0.25, -0.2) is 0 Å². The highest BCUT2D eigenvalue weighted by atomic mass is 35.5. The molecule has 0 radical (unpaired) electrons. The Morgan fingerprint density at radius 3 is 2.13 bits per heavy atom. The van der Waals surface area contributed by atoms with Gasteiger partial charge in [-0.05, 0) is 72.1 Å². The minimum Gasteiger partial charge on any atom is -0.456 e. The number of hydrogen-bond acceptors (Lipinski definition) is 4. The molecule has 0 unspecified atom stereocenters. The Bertz CT molecular complexity index is 1450. The lowest BCUT2D eigenvalue weighted by Crippen LogP contribution is -2.49. The number of carbonyl (C=O) groups is 3. The number of carbonyl (C=O) groups excluding carboxylic acids is 3. The summed E-state index contributed by atoms with van der Waals surface area (Å²) in [6.07, 6.45) is 5.65. The Morgan fingerprint density at radius 1 is 0.872 bits per heavy atom. The van der Waals surface area contributed by atoms with E-state index in [4.69, 9.17) is 16.3 Å². The van der Waals surface area contributed by atoms with Gasteiger partial charge < -0.3 is 10.1 Å². The highest BCUT2D eigenvalue weighted by molar-refractivity contribution is 6.32. The van der Waals surface area contributed by atoms with Gasteiger partial charge in [0.1, 0.15) is 17.5 Å². The van der Waals surface area contributed by atoms with Crippen molar-refractivity contribution in [2.75, 3.05) is 5.32 Å². The van der Waals surface area contributed by atoms with Crippen molar-refractivity contribution in [1.29, 1.82) is 0 Å². The van der Waals surface area contributed by atoms with E-state index in [2.05, 4.69) is 17.5 Å². The molecule has 6 nitrogen and oxygen atoms in total. The van der Waals surface area contributed by atoms with Gasteiger partial charge in [-0.15, -0.1) is 0 Å². The number of amides is 3. The molecule has 2 saturated carbocycles. The number of para-hydroxylation sites is 1. The fourth-order valence-electron chi connectivity index (χ4n) is 6.91. The Balaban J connectivity index is 1.13. The van der Waals surface area contributed by atoms with Gasteiger partial charge in [0.15, 0.2) is 0 Å². The smallest absolute Gasteiger partial charge is 0.248 e. The van der Waals surface area contributed by atoms with Gasteiger partial charge in [-0.1, -0.05) is 66.2 Å².